The monoisotopic (exact) mass is 494 g/mol. The highest BCUT2D eigenvalue weighted by Crippen LogP contribution is 2.40. The van der Waals surface area contributed by atoms with Gasteiger partial charge in [-0.15, -0.1) is 0 Å². The van der Waals surface area contributed by atoms with Gasteiger partial charge in [0.05, 0.1) is 0 Å². The summed E-state index contributed by atoms with van der Waals surface area (Å²) in [7, 11) is 0. The molecule has 176 valence electrons. The number of pyridine rings is 2. The fourth-order valence-electron chi connectivity index (χ4n) is 4.79. The molecule has 2 heterocycles. The summed E-state index contributed by atoms with van der Waals surface area (Å²) in [6.07, 6.45) is 7.44. The van der Waals surface area contributed by atoms with Crippen LogP contribution in [-0.2, 0) is 0 Å². The minimum absolute atomic E-state index is 0.718. The maximum absolute atomic E-state index is 6.40. The summed E-state index contributed by atoms with van der Waals surface area (Å²) < 4.78 is 0. The molecule has 2 nitrogen and oxygen atoms in total. The van der Waals surface area contributed by atoms with Gasteiger partial charge in [-0.1, -0.05) is 84.4 Å². The van der Waals surface area contributed by atoms with Crippen LogP contribution in [-0.4, -0.2) is 9.97 Å². The fraction of sp³-hybridized carbons (Fsp3) is 0. The third-order valence-electron chi connectivity index (χ3n) is 6.51. The summed E-state index contributed by atoms with van der Waals surface area (Å²) in [6, 6.07) is 39.9. The normalized spacial score (nSPS) is 10.8. The van der Waals surface area contributed by atoms with Gasteiger partial charge in [-0.2, -0.15) is 0 Å². The van der Waals surface area contributed by atoms with Crippen LogP contribution in [0.5, 0.6) is 0 Å². The Kier molecular flexibility index (Phi) is 6.33. The van der Waals surface area contributed by atoms with E-state index in [4.69, 9.17) is 11.6 Å². The molecule has 4 aromatic carbocycles. The molecule has 0 saturated carbocycles. The fourth-order valence-corrected chi connectivity index (χ4v) is 4.98. The molecule has 6 rings (SSSR count). The molecule has 0 aliphatic carbocycles. The Labute approximate surface area is 221 Å². The summed E-state index contributed by atoms with van der Waals surface area (Å²) >= 11 is 6.40. The van der Waals surface area contributed by atoms with E-state index in [1.54, 1.807) is 12.4 Å². The first kappa shape index (κ1) is 22.9. The van der Waals surface area contributed by atoms with E-state index < -0.39 is 0 Å². The molecule has 0 bridgehead atoms. The van der Waals surface area contributed by atoms with Gasteiger partial charge in [0.25, 0.3) is 0 Å². The Morgan fingerprint density at radius 3 is 1.30 bits per heavy atom. The number of benzene rings is 4. The first-order valence-electron chi connectivity index (χ1n) is 12.2. The van der Waals surface area contributed by atoms with E-state index in [0.717, 1.165) is 60.7 Å². The van der Waals surface area contributed by atoms with Crippen LogP contribution in [0, 0.1) is 0 Å². The van der Waals surface area contributed by atoms with E-state index in [1.807, 2.05) is 42.7 Å². The van der Waals surface area contributed by atoms with E-state index >= 15 is 0 Å². The topological polar surface area (TPSA) is 25.8 Å². The van der Waals surface area contributed by atoms with Crippen molar-refractivity contribution in [1.29, 1.82) is 0 Å². The molecule has 0 N–H and O–H groups in total. The summed E-state index contributed by atoms with van der Waals surface area (Å²) in [4.78, 5) is 8.72. The molecule has 0 unspecified atom stereocenters. The highest BCUT2D eigenvalue weighted by molar-refractivity contribution is 6.30. The second-order valence-electron chi connectivity index (χ2n) is 8.88. The van der Waals surface area contributed by atoms with E-state index in [1.165, 1.54) is 0 Å². The lowest BCUT2D eigenvalue weighted by Crippen LogP contribution is -1.91. The molecule has 2 aromatic heterocycles. The van der Waals surface area contributed by atoms with Crippen LogP contribution < -0.4 is 0 Å². The number of hydrogen-bond donors (Lipinski definition) is 0. The second-order valence-corrected chi connectivity index (χ2v) is 9.32. The van der Waals surface area contributed by atoms with Crippen molar-refractivity contribution in [1.82, 2.24) is 9.97 Å². The van der Waals surface area contributed by atoms with E-state index in [0.29, 0.717) is 0 Å². The Morgan fingerprint density at radius 2 is 0.838 bits per heavy atom. The second kappa shape index (κ2) is 10.2. The molecule has 6 aromatic rings. The first-order valence-corrected chi connectivity index (χ1v) is 12.5. The lowest BCUT2D eigenvalue weighted by atomic mass is 9.88. The zero-order valence-corrected chi connectivity index (χ0v) is 20.8. The predicted octanol–water partition coefficient (Wildman–Crippen LogP) is 9.46. The molecule has 0 spiro atoms. The molecule has 3 heteroatoms. The van der Waals surface area contributed by atoms with Crippen LogP contribution in [0.1, 0.15) is 0 Å². The molecule has 0 fully saturated rings. The van der Waals surface area contributed by atoms with Crippen molar-refractivity contribution >= 4 is 11.6 Å². The van der Waals surface area contributed by atoms with Gasteiger partial charge in [-0.3, -0.25) is 9.97 Å². The van der Waals surface area contributed by atoms with Crippen LogP contribution in [0.2, 0.25) is 5.02 Å². The maximum Gasteiger partial charge on any atom is 0.0412 e. The third-order valence-corrected chi connectivity index (χ3v) is 6.75. The van der Waals surface area contributed by atoms with Gasteiger partial charge >= 0.3 is 0 Å². The summed E-state index contributed by atoms with van der Waals surface area (Å²) in [6.45, 7) is 0. The lowest BCUT2D eigenvalue weighted by molar-refractivity contribution is 1.33. The molecule has 37 heavy (non-hydrogen) atoms. The van der Waals surface area contributed by atoms with E-state index in [2.05, 4.69) is 94.9 Å². The van der Waals surface area contributed by atoms with Crippen LogP contribution in [0.4, 0.5) is 0 Å². The average Bonchev–Trinajstić information content (AvgIpc) is 2.98. The lowest BCUT2D eigenvalue weighted by Gasteiger charge is -2.16. The molecular formula is C34H23ClN2. The molecule has 0 aliphatic heterocycles. The zero-order valence-electron chi connectivity index (χ0n) is 20.1. The van der Waals surface area contributed by atoms with Gasteiger partial charge in [0, 0.05) is 40.9 Å². The van der Waals surface area contributed by atoms with Gasteiger partial charge in [0.1, 0.15) is 0 Å². The molecule has 0 aliphatic rings. The molecule has 0 saturated heterocycles. The van der Waals surface area contributed by atoms with E-state index in [9.17, 15) is 0 Å². The first-order chi connectivity index (χ1) is 18.3. The molecule has 0 radical (unpaired) electrons. The van der Waals surface area contributed by atoms with Crippen LogP contribution in [0.3, 0.4) is 0 Å². The smallest absolute Gasteiger partial charge is 0.0412 e. The molecule has 0 amide bonds. The standard InChI is InChI=1S/C34H23ClN2/c35-30-11-5-8-24(21-30)27-18-28(33-14-3-1-12-31(33)25-9-6-16-36-22-25)20-29(19-27)34-15-4-2-13-32(34)26-10-7-17-37-23-26/h1-23H. The van der Waals surface area contributed by atoms with Crippen molar-refractivity contribution in [3.63, 3.8) is 0 Å². The largest absolute Gasteiger partial charge is 0.264 e. The minimum Gasteiger partial charge on any atom is -0.264 e. The highest BCUT2D eigenvalue weighted by Gasteiger charge is 2.14. The molecule has 0 atom stereocenters. The Morgan fingerprint density at radius 1 is 0.378 bits per heavy atom. The van der Waals surface area contributed by atoms with Crippen LogP contribution >= 0.6 is 11.6 Å². The maximum atomic E-state index is 6.40. The summed E-state index contributed by atoms with van der Waals surface area (Å²) in [5.41, 5.74) is 11.2. The summed E-state index contributed by atoms with van der Waals surface area (Å²) in [5.74, 6) is 0. The van der Waals surface area contributed by atoms with Crippen molar-refractivity contribution in [2.75, 3.05) is 0 Å². The minimum atomic E-state index is 0.718. The Bertz CT molecular complexity index is 1580. The third kappa shape index (κ3) is 4.80. The average molecular weight is 495 g/mol. The van der Waals surface area contributed by atoms with Crippen molar-refractivity contribution in [3.8, 4) is 55.6 Å². The van der Waals surface area contributed by atoms with Crippen molar-refractivity contribution in [3.05, 3.63) is 145 Å². The number of hydrogen-bond acceptors (Lipinski definition) is 2. The predicted molar refractivity (Wildman–Crippen MR) is 154 cm³/mol. The highest BCUT2D eigenvalue weighted by atomic mass is 35.5. The quantitative estimate of drug-likeness (QED) is 0.238. The summed E-state index contributed by atoms with van der Waals surface area (Å²) in [5, 5.41) is 0.718. The number of aromatic nitrogens is 2. The number of nitrogens with zero attached hydrogens (tertiary/aromatic N) is 2. The Balaban J connectivity index is 1.60. The van der Waals surface area contributed by atoms with Crippen molar-refractivity contribution in [2.45, 2.75) is 0 Å². The van der Waals surface area contributed by atoms with Gasteiger partial charge in [0.2, 0.25) is 0 Å². The van der Waals surface area contributed by atoms with Crippen molar-refractivity contribution in [2.24, 2.45) is 0 Å². The zero-order chi connectivity index (χ0) is 25.0. The van der Waals surface area contributed by atoms with Crippen LogP contribution in [0.15, 0.2) is 140 Å². The SMILES string of the molecule is Clc1cccc(-c2cc(-c3ccccc3-c3cccnc3)cc(-c3ccccc3-c3cccnc3)c2)c1. The number of halogens is 1. The van der Waals surface area contributed by atoms with E-state index in [-0.39, 0.29) is 0 Å². The number of rotatable bonds is 5. The van der Waals surface area contributed by atoms with Gasteiger partial charge in [0.15, 0.2) is 0 Å². The Hall–Kier alpha value is -4.53. The molecular weight excluding hydrogens is 472 g/mol. The van der Waals surface area contributed by atoms with Crippen molar-refractivity contribution < 1.29 is 0 Å². The van der Waals surface area contributed by atoms with Gasteiger partial charge < -0.3 is 0 Å². The van der Waals surface area contributed by atoms with Gasteiger partial charge in [-0.25, -0.2) is 0 Å². The van der Waals surface area contributed by atoms with Crippen LogP contribution in [0.25, 0.3) is 55.6 Å². The van der Waals surface area contributed by atoms with Gasteiger partial charge in [-0.05, 0) is 87.0 Å².